The SMILES string of the molecule is CNCC1CN(C2=NCNc3sc(C(=O)NC(C)CCOC)nc32)c2ccccc21. The van der Waals surface area contributed by atoms with Crippen LogP contribution >= 0.6 is 11.3 Å². The summed E-state index contributed by atoms with van der Waals surface area (Å²) in [6.45, 7) is 4.79. The summed E-state index contributed by atoms with van der Waals surface area (Å²) >= 11 is 1.38. The van der Waals surface area contributed by atoms with Crippen molar-refractivity contribution in [3.05, 3.63) is 40.5 Å². The molecular weight excluding hydrogens is 400 g/mol. The first-order chi connectivity index (χ1) is 14.6. The fourth-order valence-corrected chi connectivity index (χ4v) is 4.78. The molecule has 0 spiro atoms. The van der Waals surface area contributed by atoms with Gasteiger partial charge in [-0.15, -0.1) is 0 Å². The highest BCUT2D eigenvalue weighted by Crippen LogP contribution is 2.39. The zero-order valence-corrected chi connectivity index (χ0v) is 18.4. The number of ether oxygens (including phenoxy) is 1. The largest absolute Gasteiger partial charge is 0.385 e. The number of hydrogen-bond donors (Lipinski definition) is 3. The van der Waals surface area contributed by atoms with Crippen molar-refractivity contribution in [2.45, 2.75) is 25.3 Å². The van der Waals surface area contributed by atoms with Gasteiger partial charge in [-0.1, -0.05) is 29.5 Å². The van der Waals surface area contributed by atoms with Crippen LogP contribution in [0.5, 0.6) is 0 Å². The van der Waals surface area contributed by atoms with Crippen LogP contribution in [-0.2, 0) is 4.74 Å². The number of carbonyl (C=O) groups is 1. The molecule has 0 aliphatic carbocycles. The summed E-state index contributed by atoms with van der Waals surface area (Å²) in [5.41, 5.74) is 3.23. The molecule has 0 saturated heterocycles. The normalized spacial score (nSPS) is 18.3. The van der Waals surface area contributed by atoms with Crippen molar-refractivity contribution in [3.63, 3.8) is 0 Å². The zero-order valence-electron chi connectivity index (χ0n) is 17.6. The van der Waals surface area contributed by atoms with E-state index in [9.17, 15) is 4.79 Å². The summed E-state index contributed by atoms with van der Waals surface area (Å²) < 4.78 is 5.09. The van der Waals surface area contributed by atoms with Crippen LogP contribution in [0, 0.1) is 0 Å². The highest BCUT2D eigenvalue weighted by atomic mass is 32.1. The maximum Gasteiger partial charge on any atom is 0.280 e. The van der Waals surface area contributed by atoms with E-state index in [1.54, 1.807) is 7.11 Å². The molecule has 0 saturated carbocycles. The number of nitrogens with zero attached hydrogens (tertiary/aromatic N) is 3. The molecule has 3 N–H and O–H groups in total. The Kier molecular flexibility index (Phi) is 6.31. The molecule has 2 aliphatic heterocycles. The molecule has 2 aliphatic rings. The Bertz CT molecular complexity index is 943. The van der Waals surface area contributed by atoms with Gasteiger partial charge in [-0.25, -0.2) is 9.98 Å². The predicted octanol–water partition coefficient (Wildman–Crippen LogP) is 2.25. The van der Waals surface area contributed by atoms with Crippen LogP contribution in [-0.4, -0.2) is 63.3 Å². The Morgan fingerprint density at radius 1 is 1.43 bits per heavy atom. The van der Waals surface area contributed by atoms with E-state index in [0.29, 0.717) is 24.2 Å². The molecule has 2 aromatic rings. The number of nitrogens with one attached hydrogen (secondary N) is 3. The van der Waals surface area contributed by atoms with Crippen LogP contribution in [0.2, 0.25) is 0 Å². The average molecular weight is 429 g/mol. The summed E-state index contributed by atoms with van der Waals surface area (Å²) in [6.07, 6.45) is 0.760. The van der Waals surface area contributed by atoms with E-state index in [1.165, 1.54) is 16.9 Å². The fraction of sp³-hybridized carbons (Fsp3) is 0.476. The third-order valence-electron chi connectivity index (χ3n) is 5.41. The zero-order chi connectivity index (χ0) is 21.1. The lowest BCUT2D eigenvalue weighted by atomic mass is 10.0. The molecule has 9 heteroatoms. The van der Waals surface area contributed by atoms with Crippen molar-refractivity contribution in [2.24, 2.45) is 4.99 Å². The Balaban J connectivity index is 1.57. The van der Waals surface area contributed by atoms with E-state index >= 15 is 0 Å². The number of carbonyl (C=O) groups excluding carboxylic acids is 1. The number of methoxy groups -OCH3 is 1. The van der Waals surface area contributed by atoms with Crippen LogP contribution in [0.1, 0.15) is 40.3 Å². The van der Waals surface area contributed by atoms with Gasteiger partial charge < -0.3 is 25.6 Å². The molecule has 160 valence electrons. The van der Waals surface area contributed by atoms with Crippen molar-refractivity contribution in [2.75, 3.05) is 50.7 Å². The molecule has 0 bridgehead atoms. The molecule has 2 atom stereocenters. The summed E-state index contributed by atoms with van der Waals surface area (Å²) in [6, 6.07) is 8.47. The van der Waals surface area contributed by atoms with Crippen molar-refractivity contribution in [1.29, 1.82) is 0 Å². The van der Waals surface area contributed by atoms with Gasteiger partial charge in [-0.2, -0.15) is 0 Å². The van der Waals surface area contributed by atoms with Crippen LogP contribution in [0.25, 0.3) is 0 Å². The number of rotatable bonds is 7. The molecule has 0 radical (unpaired) electrons. The minimum atomic E-state index is -0.158. The minimum absolute atomic E-state index is 0.0206. The molecule has 1 aromatic heterocycles. The number of anilines is 2. The first-order valence-electron chi connectivity index (χ1n) is 10.2. The van der Waals surface area contributed by atoms with Gasteiger partial charge in [0.1, 0.15) is 17.4 Å². The lowest BCUT2D eigenvalue weighted by Gasteiger charge is -2.24. The van der Waals surface area contributed by atoms with Crippen molar-refractivity contribution >= 4 is 33.8 Å². The van der Waals surface area contributed by atoms with Crippen molar-refractivity contribution < 1.29 is 9.53 Å². The topological polar surface area (TPSA) is 90.9 Å². The molecule has 3 heterocycles. The van der Waals surface area contributed by atoms with Gasteiger partial charge >= 0.3 is 0 Å². The van der Waals surface area contributed by atoms with Gasteiger partial charge in [-0.05, 0) is 32.0 Å². The number of thiazole rings is 1. The van der Waals surface area contributed by atoms with Crippen LogP contribution in [0.3, 0.4) is 0 Å². The van der Waals surface area contributed by atoms with Crippen molar-refractivity contribution in [3.8, 4) is 0 Å². The monoisotopic (exact) mass is 428 g/mol. The summed E-state index contributed by atoms with van der Waals surface area (Å²) in [5, 5.41) is 10.9. The quantitative estimate of drug-likeness (QED) is 0.627. The molecule has 2 unspecified atom stereocenters. The van der Waals surface area contributed by atoms with Gasteiger partial charge in [0.05, 0.1) is 0 Å². The Labute approximate surface area is 180 Å². The van der Waals surface area contributed by atoms with Crippen molar-refractivity contribution in [1.82, 2.24) is 15.6 Å². The Hall–Kier alpha value is -2.49. The second-order valence-electron chi connectivity index (χ2n) is 7.59. The van der Waals surface area contributed by atoms with Gasteiger partial charge in [0.15, 0.2) is 10.8 Å². The van der Waals surface area contributed by atoms with E-state index < -0.39 is 0 Å². The number of aliphatic imine (C=N–C) groups is 1. The predicted molar refractivity (Wildman–Crippen MR) is 121 cm³/mol. The summed E-state index contributed by atoms with van der Waals surface area (Å²) in [4.78, 5) is 24.3. The van der Waals surface area contributed by atoms with Gasteiger partial charge in [0, 0.05) is 44.5 Å². The molecule has 30 heavy (non-hydrogen) atoms. The number of likely N-dealkylation sites (N-methyl/N-ethyl adjacent to an activating group) is 1. The maximum absolute atomic E-state index is 12.7. The van der Waals surface area contributed by atoms with Gasteiger partial charge in [0.2, 0.25) is 0 Å². The van der Waals surface area contributed by atoms with Crippen LogP contribution < -0.4 is 20.9 Å². The average Bonchev–Trinajstić information content (AvgIpc) is 3.35. The molecule has 1 aromatic carbocycles. The van der Waals surface area contributed by atoms with E-state index in [1.807, 2.05) is 14.0 Å². The second-order valence-corrected chi connectivity index (χ2v) is 8.59. The number of benzene rings is 1. The fourth-order valence-electron chi connectivity index (χ4n) is 3.93. The number of aromatic nitrogens is 1. The lowest BCUT2D eigenvalue weighted by molar-refractivity contribution is 0.0929. The number of para-hydroxylation sites is 1. The Morgan fingerprint density at radius 3 is 3.07 bits per heavy atom. The molecule has 8 nitrogen and oxygen atoms in total. The highest BCUT2D eigenvalue weighted by molar-refractivity contribution is 7.18. The molecular formula is C21H28N6O2S. The first-order valence-corrected chi connectivity index (χ1v) is 11.0. The molecule has 0 fully saturated rings. The molecule has 4 rings (SSSR count). The van der Waals surface area contributed by atoms with E-state index in [0.717, 1.165) is 41.7 Å². The third-order valence-corrected chi connectivity index (χ3v) is 6.42. The molecule has 1 amide bonds. The standard InChI is InChI=1S/C21H28N6O2S/c1-13(8-9-29-3)25-19(28)21-26-17-18(23-12-24-20(17)30-21)27-11-14(10-22-2)15-6-4-5-7-16(15)27/h4-7,13-14,22,24H,8-12H2,1-3H3,(H,25,28). The lowest BCUT2D eigenvalue weighted by Crippen LogP contribution is -2.35. The minimum Gasteiger partial charge on any atom is -0.385 e. The number of amidine groups is 1. The summed E-state index contributed by atoms with van der Waals surface area (Å²) in [7, 11) is 3.64. The maximum atomic E-state index is 12.7. The highest BCUT2D eigenvalue weighted by Gasteiger charge is 2.34. The smallest absolute Gasteiger partial charge is 0.280 e. The number of hydrogen-bond acceptors (Lipinski definition) is 8. The summed E-state index contributed by atoms with van der Waals surface area (Å²) in [5.74, 6) is 1.06. The number of fused-ring (bicyclic) bond motifs is 2. The van der Waals surface area contributed by atoms with Gasteiger partial charge in [0.25, 0.3) is 5.91 Å². The van der Waals surface area contributed by atoms with Crippen LogP contribution in [0.15, 0.2) is 29.3 Å². The Morgan fingerprint density at radius 2 is 2.27 bits per heavy atom. The van der Waals surface area contributed by atoms with E-state index in [4.69, 9.17) is 9.73 Å². The third kappa shape index (κ3) is 4.05. The number of amides is 1. The first kappa shape index (κ1) is 20.8. The van der Waals surface area contributed by atoms with E-state index in [-0.39, 0.29) is 11.9 Å². The van der Waals surface area contributed by atoms with E-state index in [2.05, 4.69) is 50.1 Å². The second kappa shape index (κ2) is 9.11. The van der Waals surface area contributed by atoms with Crippen LogP contribution in [0.4, 0.5) is 10.7 Å². The van der Waals surface area contributed by atoms with Gasteiger partial charge in [-0.3, -0.25) is 4.79 Å².